The SMILES string of the molecule is CCC1CN(Cc2nccs2)C(C)(CC)CN1. The van der Waals surface area contributed by atoms with Crippen molar-refractivity contribution >= 4 is 11.3 Å². The zero-order valence-electron chi connectivity index (χ0n) is 11.1. The standard InChI is InChI=1S/C13H23N3S/c1-4-11-8-16(9-12-14-6-7-17-12)13(3,5-2)10-15-11/h6-7,11,15H,4-5,8-10H2,1-3H3. The summed E-state index contributed by atoms with van der Waals surface area (Å²) in [5, 5.41) is 6.97. The highest BCUT2D eigenvalue weighted by Crippen LogP contribution is 2.26. The van der Waals surface area contributed by atoms with Gasteiger partial charge in [0, 0.05) is 36.2 Å². The summed E-state index contributed by atoms with van der Waals surface area (Å²) in [7, 11) is 0. The van der Waals surface area contributed by atoms with Crippen LogP contribution in [0.15, 0.2) is 11.6 Å². The van der Waals surface area contributed by atoms with Gasteiger partial charge in [0.15, 0.2) is 0 Å². The number of aromatic nitrogens is 1. The first-order chi connectivity index (χ1) is 8.18. The molecule has 3 nitrogen and oxygen atoms in total. The first-order valence-corrected chi connectivity index (χ1v) is 7.42. The second-order valence-electron chi connectivity index (χ2n) is 5.14. The third-order valence-electron chi connectivity index (χ3n) is 4.04. The summed E-state index contributed by atoms with van der Waals surface area (Å²) in [6.45, 7) is 10.1. The normalized spacial score (nSPS) is 30.6. The van der Waals surface area contributed by atoms with Crippen molar-refractivity contribution in [1.29, 1.82) is 0 Å². The van der Waals surface area contributed by atoms with Gasteiger partial charge >= 0.3 is 0 Å². The van der Waals surface area contributed by atoms with Gasteiger partial charge in [0.05, 0.1) is 6.54 Å². The number of nitrogens with one attached hydrogen (secondary N) is 1. The van der Waals surface area contributed by atoms with Crippen molar-refractivity contribution in [1.82, 2.24) is 15.2 Å². The van der Waals surface area contributed by atoms with Crippen LogP contribution < -0.4 is 5.32 Å². The molecule has 1 aliphatic rings. The molecule has 0 amide bonds. The minimum atomic E-state index is 0.275. The van der Waals surface area contributed by atoms with E-state index in [-0.39, 0.29) is 5.54 Å². The summed E-state index contributed by atoms with van der Waals surface area (Å²) in [5.74, 6) is 0. The summed E-state index contributed by atoms with van der Waals surface area (Å²) < 4.78 is 0. The number of hydrogen-bond acceptors (Lipinski definition) is 4. The maximum atomic E-state index is 4.42. The topological polar surface area (TPSA) is 28.2 Å². The molecule has 2 heterocycles. The fraction of sp³-hybridized carbons (Fsp3) is 0.769. The summed E-state index contributed by atoms with van der Waals surface area (Å²) in [6.07, 6.45) is 4.29. The van der Waals surface area contributed by atoms with Gasteiger partial charge in [-0.05, 0) is 19.8 Å². The average Bonchev–Trinajstić information content (AvgIpc) is 2.85. The first kappa shape index (κ1) is 13.0. The third kappa shape index (κ3) is 2.87. The van der Waals surface area contributed by atoms with Crippen LogP contribution in [0.1, 0.15) is 38.6 Å². The van der Waals surface area contributed by atoms with Crippen LogP contribution in [-0.2, 0) is 6.54 Å². The van der Waals surface area contributed by atoms with Crippen molar-refractivity contribution in [2.75, 3.05) is 13.1 Å². The smallest absolute Gasteiger partial charge is 0.107 e. The van der Waals surface area contributed by atoms with Crippen molar-refractivity contribution in [3.8, 4) is 0 Å². The number of hydrogen-bond donors (Lipinski definition) is 1. The van der Waals surface area contributed by atoms with E-state index in [1.807, 2.05) is 6.20 Å². The van der Waals surface area contributed by atoms with Gasteiger partial charge in [0.2, 0.25) is 0 Å². The van der Waals surface area contributed by atoms with Crippen LogP contribution in [0.4, 0.5) is 0 Å². The van der Waals surface area contributed by atoms with Gasteiger partial charge in [-0.3, -0.25) is 4.90 Å². The van der Waals surface area contributed by atoms with Crippen molar-refractivity contribution in [3.63, 3.8) is 0 Å². The molecule has 0 aromatic carbocycles. The highest BCUT2D eigenvalue weighted by atomic mass is 32.1. The van der Waals surface area contributed by atoms with Crippen molar-refractivity contribution < 1.29 is 0 Å². The van der Waals surface area contributed by atoms with Crippen LogP contribution in [0.5, 0.6) is 0 Å². The van der Waals surface area contributed by atoms with Crippen molar-refractivity contribution in [2.45, 2.75) is 51.7 Å². The van der Waals surface area contributed by atoms with Gasteiger partial charge in [0.1, 0.15) is 5.01 Å². The fourth-order valence-corrected chi connectivity index (χ4v) is 3.03. The molecule has 1 saturated heterocycles. The Hall–Kier alpha value is -0.450. The lowest BCUT2D eigenvalue weighted by Crippen LogP contribution is -2.62. The molecule has 17 heavy (non-hydrogen) atoms. The molecule has 1 N–H and O–H groups in total. The number of piperazine rings is 1. The minimum Gasteiger partial charge on any atom is -0.311 e. The van der Waals surface area contributed by atoms with Gasteiger partial charge in [0.25, 0.3) is 0 Å². The van der Waals surface area contributed by atoms with E-state index in [2.05, 4.69) is 41.4 Å². The Morgan fingerprint density at radius 1 is 1.59 bits per heavy atom. The highest BCUT2D eigenvalue weighted by molar-refractivity contribution is 7.09. The fourth-order valence-electron chi connectivity index (χ4n) is 2.40. The molecule has 2 atom stereocenters. The van der Waals surface area contributed by atoms with Gasteiger partial charge < -0.3 is 5.32 Å². The maximum Gasteiger partial charge on any atom is 0.107 e. The lowest BCUT2D eigenvalue weighted by atomic mass is 9.91. The Bertz CT molecular complexity index is 338. The van der Waals surface area contributed by atoms with Crippen LogP contribution in [-0.4, -0.2) is 34.6 Å². The van der Waals surface area contributed by atoms with E-state index in [9.17, 15) is 0 Å². The number of thiazole rings is 1. The molecule has 96 valence electrons. The lowest BCUT2D eigenvalue weighted by Gasteiger charge is -2.47. The number of nitrogens with zero attached hydrogens (tertiary/aromatic N) is 2. The molecule has 0 radical (unpaired) electrons. The van der Waals surface area contributed by atoms with Crippen LogP contribution in [0.2, 0.25) is 0 Å². The molecule has 2 rings (SSSR count). The van der Waals surface area contributed by atoms with Crippen molar-refractivity contribution in [3.05, 3.63) is 16.6 Å². The van der Waals surface area contributed by atoms with Gasteiger partial charge in [-0.15, -0.1) is 11.3 Å². The predicted molar refractivity (Wildman–Crippen MR) is 73.3 cm³/mol. The van der Waals surface area contributed by atoms with E-state index >= 15 is 0 Å². The Morgan fingerprint density at radius 2 is 2.41 bits per heavy atom. The van der Waals surface area contributed by atoms with Crippen molar-refractivity contribution in [2.24, 2.45) is 0 Å². The molecule has 1 aromatic heterocycles. The molecule has 0 aliphatic carbocycles. The highest BCUT2D eigenvalue weighted by Gasteiger charge is 2.35. The number of rotatable bonds is 4. The first-order valence-electron chi connectivity index (χ1n) is 6.54. The minimum absolute atomic E-state index is 0.275. The Morgan fingerprint density at radius 3 is 3.00 bits per heavy atom. The van der Waals surface area contributed by atoms with E-state index in [0.717, 1.165) is 19.6 Å². The zero-order chi connectivity index (χ0) is 12.3. The molecule has 0 bridgehead atoms. The predicted octanol–water partition coefficient (Wildman–Crippen LogP) is 2.50. The summed E-state index contributed by atoms with van der Waals surface area (Å²) in [4.78, 5) is 7.03. The second kappa shape index (κ2) is 5.46. The summed E-state index contributed by atoms with van der Waals surface area (Å²) >= 11 is 1.76. The van der Waals surface area contributed by atoms with E-state index in [1.54, 1.807) is 11.3 Å². The monoisotopic (exact) mass is 253 g/mol. The molecule has 1 aromatic rings. The molecule has 0 spiro atoms. The largest absolute Gasteiger partial charge is 0.311 e. The lowest BCUT2D eigenvalue weighted by molar-refractivity contribution is 0.0408. The van der Waals surface area contributed by atoms with Crippen LogP contribution in [0, 0.1) is 0 Å². The maximum absolute atomic E-state index is 4.42. The van der Waals surface area contributed by atoms with E-state index in [1.165, 1.54) is 17.8 Å². The van der Waals surface area contributed by atoms with Crippen LogP contribution in [0.3, 0.4) is 0 Å². The van der Waals surface area contributed by atoms with Gasteiger partial charge in [-0.1, -0.05) is 13.8 Å². The van der Waals surface area contributed by atoms with E-state index in [4.69, 9.17) is 0 Å². The molecule has 0 saturated carbocycles. The van der Waals surface area contributed by atoms with Crippen LogP contribution in [0.25, 0.3) is 0 Å². The second-order valence-corrected chi connectivity index (χ2v) is 6.12. The Balaban J connectivity index is 2.08. The third-order valence-corrected chi connectivity index (χ3v) is 4.80. The van der Waals surface area contributed by atoms with Crippen LogP contribution >= 0.6 is 11.3 Å². The van der Waals surface area contributed by atoms with Gasteiger partial charge in [-0.2, -0.15) is 0 Å². The molecule has 1 fully saturated rings. The molecular formula is C13H23N3S. The Kier molecular flexibility index (Phi) is 4.17. The van der Waals surface area contributed by atoms with E-state index < -0.39 is 0 Å². The Labute approximate surface area is 108 Å². The average molecular weight is 253 g/mol. The molecule has 1 aliphatic heterocycles. The quantitative estimate of drug-likeness (QED) is 0.893. The molecule has 4 heteroatoms. The molecular weight excluding hydrogens is 230 g/mol. The zero-order valence-corrected chi connectivity index (χ0v) is 11.9. The summed E-state index contributed by atoms with van der Waals surface area (Å²) in [5.41, 5.74) is 0.275. The summed E-state index contributed by atoms with van der Waals surface area (Å²) in [6, 6.07) is 0.634. The molecule has 2 unspecified atom stereocenters. The van der Waals surface area contributed by atoms with Gasteiger partial charge in [-0.25, -0.2) is 4.98 Å². The van der Waals surface area contributed by atoms with E-state index in [0.29, 0.717) is 6.04 Å².